The Hall–Kier alpha value is -3.63. The highest BCUT2D eigenvalue weighted by atomic mass is 32.2. The van der Waals surface area contributed by atoms with Crippen molar-refractivity contribution in [3.8, 4) is 0 Å². The molecule has 0 saturated carbocycles. The van der Waals surface area contributed by atoms with Crippen LogP contribution in [0.2, 0.25) is 0 Å². The fraction of sp³-hybridized carbons (Fsp3) is 0.353. The Kier molecular flexibility index (Phi) is 10.1. The molecule has 2 fully saturated rings. The molecule has 0 bridgehead atoms. The number of amides is 2. The third-order valence-corrected chi connectivity index (χ3v) is 9.97. The third kappa shape index (κ3) is 6.85. The van der Waals surface area contributed by atoms with Crippen LogP contribution in [-0.4, -0.2) is 115 Å². The number of aliphatic hydroxyl groups is 6. The van der Waals surface area contributed by atoms with Crippen molar-refractivity contribution in [2.75, 3.05) is 13.2 Å². The van der Waals surface area contributed by atoms with E-state index in [9.17, 15) is 40.2 Å². The standard InChI is InChI=1S/C34H36N2O10S/c37-15-23-27(39)25(35-31(43)21-11-9-17-5-1-3-7-19(17)13-21)29(41)33(45-23)47-34-30(42)26(28(40)24(16-38)46-34)36-32(44)22-12-10-18-6-2-4-8-20(18)14-22/h1-14,23-30,33-34,37-42H,15-16H2,(H,35,43)(H,36,44)/t23?,24?,25-,26?,27-,28+,29?,30+,33-,34+/m0/s1. The summed E-state index contributed by atoms with van der Waals surface area (Å²) in [6.45, 7) is -1.30. The van der Waals surface area contributed by atoms with E-state index in [1.807, 2.05) is 48.5 Å². The molecule has 2 aliphatic heterocycles. The molecule has 2 saturated heterocycles. The second-order valence-electron chi connectivity index (χ2n) is 11.7. The summed E-state index contributed by atoms with van der Waals surface area (Å²) in [4.78, 5) is 26.5. The molecule has 2 aliphatic rings. The first-order chi connectivity index (χ1) is 22.7. The summed E-state index contributed by atoms with van der Waals surface area (Å²) < 4.78 is 11.5. The third-order valence-electron chi connectivity index (χ3n) is 8.66. The summed E-state index contributed by atoms with van der Waals surface area (Å²) in [6.07, 6.45) is -8.53. The van der Waals surface area contributed by atoms with Crippen LogP contribution in [0, 0.1) is 0 Å². The van der Waals surface area contributed by atoms with Gasteiger partial charge in [0.05, 0.1) is 25.3 Å². The maximum Gasteiger partial charge on any atom is 0.251 e. The van der Waals surface area contributed by atoms with Gasteiger partial charge in [0, 0.05) is 11.1 Å². The zero-order valence-electron chi connectivity index (χ0n) is 25.0. The van der Waals surface area contributed by atoms with Crippen molar-refractivity contribution in [1.82, 2.24) is 10.6 Å². The average molecular weight is 665 g/mol. The van der Waals surface area contributed by atoms with E-state index in [4.69, 9.17) is 9.47 Å². The molecule has 0 radical (unpaired) electrons. The van der Waals surface area contributed by atoms with E-state index in [1.54, 1.807) is 36.4 Å². The molecule has 0 aliphatic carbocycles. The number of aliphatic hydroxyl groups excluding tert-OH is 6. The smallest absolute Gasteiger partial charge is 0.251 e. The van der Waals surface area contributed by atoms with E-state index in [0.717, 1.165) is 33.3 Å². The molecule has 2 heterocycles. The predicted molar refractivity (Wildman–Crippen MR) is 174 cm³/mol. The number of carbonyl (C=O) groups excluding carboxylic acids is 2. The number of nitrogens with one attached hydrogen (secondary N) is 2. The maximum atomic E-state index is 13.2. The number of rotatable bonds is 8. The van der Waals surface area contributed by atoms with Gasteiger partial charge < -0.3 is 50.7 Å². The van der Waals surface area contributed by atoms with Crippen molar-refractivity contribution in [3.05, 3.63) is 96.1 Å². The summed E-state index contributed by atoms with van der Waals surface area (Å²) in [5, 5.41) is 73.2. The van der Waals surface area contributed by atoms with Crippen molar-refractivity contribution in [1.29, 1.82) is 0 Å². The Morgan fingerprint density at radius 3 is 1.34 bits per heavy atom. The number of benzene rings is 4. The van der Waals surface area contributed by atoms with Crippen LogP contribution in [0.25, 0.3) is 21.5 Å². The first kappa shape index (κ1) is 33.3. The molecule has 4 aromatic rings. The van der Waals surface area contributed by atoms with Crippen molar-refractivity contribution in [3.63, 3.8) is 0 Å². The van der Waals surface area contributed by atoms with Crippen LogP contribution < -0.4 is 10.6 Å². The normalized spacial score (nSPS) is 31.0. The molecule has 12 nitrogen and oxygen atoms in total. The van der Waals surface area contributed by atoms with Gasteiger partial charge in [-0.15, -0.1) is 0 Å². The number of fused-ring (bicyclic) bond motifs is 2. The minimum Gasteiger partial charge on any atom is -0.394 e. The molecule has 4 unspecified atom stereocenters. The lowest BCUT2D eigenvalue weighted by atomic mass is 9.96. The molecule has 6 rings (SSSR count). The first-order valence-electron chi connectivity index (χ1n) is 15.2. The molecule has 0 spiro atoms. The van der Waals surface area contributed by atoms with Crippen LogP contribution in [0.15, 0.2) is 84.9 Å². The van der Waals surface area contributed by atoms with Gasteiger partial charge in [0.25, 0.3) is 11.8 Å². The Morgan fingerprint density at radius 1 is 0.574 bits per heavy atom. The van der Waals surface area contributed by atoms with Crippen LogP contribution in [0.3, 0.4) is 0 Å². The molecule has 8 N–H and O–H groups in total. The van der Waals surface area contributed by atoms with E-state index in [-0.39, 0.29) is 11.1 Å². The zero-order valence-corrected chi connectivity index (χ0v) is 25.8. The molecule has 0 aromatic heterocycles. The molecule has 4 aromatic carbocycles. The van der Waals surface area contributed by atoms with Crippen molar-refractivity contribution >= 4 is 45.1 Å². The highest BCUT2D eigenvalue weighted by Gasteiger charge is 2.50. The van der Waals surface area contributed by atoms with E-state index < -0.39 is 84.6 Å². The van der Waals surface area contributed by atoms with Crippen LogP contribution in [0.5, 0.6) is 0 Å². The fourth-order valence-corrected chi connectivity index (χ4v) is 7.34. The highest BCUT2D eigenvalue weighted by Crippen LogP contribution is 2.37. The van der Waals surface area contributed by atoms with Gasteiger partial charge in [-0.1, -0.05) is 72.4 Å². The number of carbonyl (C=O) groups is 2. The molecule has 248 valence electrons. The van der Waals surface area contributed by atoms with E-state index in [1.165, 1.54) is 0 Å². The minimum absolute atomic E-state index is 0.287. The molecule has 10 atom stereocenters. The van der Waals surface area contributed by atoms with Gasteiger partial charge in [-0.2, -0.15) is 0 Å². The topological polar surface area (TPSA) is 198 Å². The SMILES string of the molecule is O=C(NC1[C@H](O)C(CO)O[C@H](S[C@@H]2OC(CO)[C@H](O)[C@H](NC(=O)c3ccc4ccccc4c3)C2O)[C@@H]1O)c1ccc2ccccc2c1. The second kappa shape index (κ2) is 14.2. The summed E-state index contributed by atoms with van der Waals surface area (Å²) in [5.41, 5.74) is -1.95. The molecule has 2 amide bonds. The monoisotopic (exact) mass is 664 g/mol. The average Bonchev–Trinajstić information content (AvgIpc) is 3.10. The quantitative estimate of drug-likeness (QED) is 0.131. The van der Waals surface area contributed by atoms with E-state index >= 15 is 0 Å². The van der Waals surface area contributed by atoms with Gasteiger partial charge in [-0.05, 0) is 45.8 Å². The summed E-state index contributed by atoms with van der Waals surface area (Å²) >= 11 is 0.766. The molecular formula is C34H36N2O10S. The van der Waals surface area contributed by atoms with E-state index in [0.29, 0.717) is 0 Å². The lowest BCUT2D eigenvalue weighted by Gasteiger charge is -2.46. The Morgan fingerprint density at radius 2 is 0.957 bits per heavy atom. The van der Waals surface area contributed by atoms with Crippen molar-refractivity contribution in [2.24, 2.45) is 0 Å². The van der Waals surface area contributed by atoms with Gasteiger partial charge in [0.2, 0.25) is 0 Å². The highest BCUT2D eigenvalue weighted by molar-refractivity contribution is 8.00. The number of thioether (sulfide) groups is 1. The van der Waals surface area contributed by atoms with Crippen molar-refractivity contribution in [2.45, 2.75) is 59.6 Å². The van der Waals surface area contributed by atoms with Crippen LogP contribution in [0.4, 0.5) is 0 Å². The van der Waals surface area contributed by atoms with Gasteiger partial charge >= 0.3 is 0 Å². The van der Waals surface area contributed by atoms with E-state index in [2.05, 4.69) is 10.6 Å². The Labute approximate surface area is 273 Å². The van der Waals surface area contributed by atoms with Crippen LogP contribution in [-0.2, 0) is 9.47 Å². The Bertz CT molecular complexity index is 1620. The van der Waals surface area contributed by atoms with Gasteiger partial charge in [0.15, 0.2) is 0 Å². The van der Waals surface area contributed by atoms with Gasteiger partial charge in [-0.3, -0.25) is 9.59 Å². The largest absolute Gasteiger partial charge is 0.394 e. The van der Waals surface area contributed by atoms with Crippen LogP contribution >= 0.6 is 11.8 Å². The molecule has 13 heteroatoms. The number of hydrogen-bond acceptors (Lipinski definition) is 11. The number of ether oxygens (including phenoxy) is 2. The fourth-order valence-electron chi connectivity index (χ4n) is 6.00. The van der Waals surface area contributed by atoms with Crippen molar-refractivity contribution < 1.29 is 49.7 Å². The zero-order chi connectivity index (χ0) is 33.2. The molecule has 47 heavy (non-hydrogen) atoms. The summed E-state index contributed by atoms with van der Waals surface area (Å²) in [5.74, 6) is -1.15. The first-order valence-corrected chi connectivity index (χ1v) is 16.1. The van der Waals surface area contributed by atoms with Crippen LogP contribution in [0.1, 0.15) is 20.7 Å². The summed E-state index contributed by atoms with van der Waals surface area (Å²) in [6, 6.07) is 22.5. The maximum absolute atomic E-state index is 13.2. The Balaban J connectivity index is 1.18. The number of hydrogen-bond donors (Lipinski definition) is 8. The lowest BCUT2D eigenvalue weighted by Crippen LogP contribution is -2.66. The molecular weight excluding hydrogens is 628 g/mol. The van der Waals surface area contributed by atoms with Gasteiger partial charge in [-0.25, -0.2) is 0 Å². The predicted octanol–water partition coefficient (Wildman–Crippen LogP) is 0.501. The second-order valence-corrected chi connectivity index (χ2v) is 12.9. The minimum atomic E-state index is -1.55. The summed E-state index contributed by atoms with van der Waals surface area (Å²) in [7, 11) is 0. The lowest BCUT2D eigenvalue weighted by molar-refractivity contribution is -0.175. The van der Waals surface area contributed by atoms with Gasteiger partial charge in [0.1, 0.15) is 47.5 Å².